The Kier molecular flexibility index (Phi) is 4.60. The highest BCUT2D eigenvalue weighted by molar-refractivity contribution is 7.99. The molecule has 2 aromatic rings. The van der Waals surface area contributed by atoms with Crippen LogP contribution in [0.3, 0.4) is 0 Å². The highest BCUT2D eigenvalue weighted by Crippen LogP contribution is 2.30. The third kappa shape index (κ3) is 3.22. The van der Waals surface area contributed by atoms with E-state index in [4.69, 9.17) is 0 Å². The number of hydrogen-bond donors (Lipinski definition) is 0. The molecule has 0 radical (unpaired) electrons. The number of hydrogen-bond acceptors (Lipinski definition) is 6. The lowest BCUT2D eigenvalue weighted by molar-refractivity contribution is 0.298. The molecule has 0 N–H and O–H groups in total. The minimum absolute atomic E-state index is 0.450. The number of anilines is 2. The smallest absolute Gasteiger partial charge is 0.134 e. The van der Waals surface area contributed by atoms with Crippen LogP contribution in [-0.4, -0.2) is 57.2 Å². The zero-order chi connectivity index (χ0) is 16.4. The van der Waals surface area contributed by atoms with Crippen molar-refractivity contribution in [2.24, 2.45) is 5.92 Å². The van der Waals surface area contributed by atoms with Gasteiger partial charge in [-0.15, -0.1) is 0 Å². The maximum absolute atomic E-state index is 4.56. The minimum Gasteiger partial charge on any atom is -0.355 e. The lowest BCUT2D eigenvalue weighted by Crippen LogP contribution is -2.41. The molecule has 0 saturated carbocycles. The quantitative estimate of drug-likeness (QED) is 0.852. The molecule has 2 aliphatic heterocycles. The SMILES string of the molecule is C[C@H]1CCN(c2cc(N3CCSCC3)ncn2)C[C@H]1n1ccnc1. The van der Waals surface area contributed by atoms with Crippen molar-refractivity contribution in [3.8, 4) is 0 Å². The van der Waals surface area contributed by atoms with E-state index in [1.807, 2.05) is 24.3 Å². The molecular weight excluding hydrogens is 320 g/mol. The Labute approximate surface area is 147 Å². The molecule has 6 nitrogen and oxygen atoms in total. The number of thioether (sulfide) groups is 1. The molecule has 4 heterocycles. The Morgan fingerprint density at radius 3 is 2.62 bits per heavy atom. The molecule has 7 heteroatoms. The predicted molar refractivity (Wildman–Crippen MR) is 98.8 cm³/mol. The highest BCUT2D eigenvalue weighted by atomic mass is 32.2. The summed E-state index contributed by atoms with van der Waals surface area (Å²) in [5.41, 5.74) is 0. The zero-order valence-corrected chi connectivity index (χ0v) is 14.9. The fourth-order valence-corrected chi connectivity index (χ4v) is 4.49. The third-order valence-corrected chi connectivity index (χ3v) is 6.07. The first-order chi connectivity index (χ1) is 11.8. The van der Waals surface area contributed by atoms with Gasteiger partial charge in [-0.25, -0.2) is 15.0 Å². The van der Waals surface area contributed by atoms with Crippen LogP contribution in [0.2, 0.25) is 0 Å². The van der Waals surface area contributed by atoms with Crippen molar-refractivity contribution >= 4 is 23.4 Å². The van der Waals surface area contributed by atoms with Gasteiger partial charge in [0.2, 0.25) is 0 Å². The van der Waals surface area contributed by atoms with Crippen molar-refractivity contribution < 1.29 is 0 Å². The summed E-state index contributed by atoms with van der Waals surface area (Å²) in [5, 5.41) is 0. The molecule has 0 amide bonds. The van der Waals surface area contributed by atoms with Gasteiger partial charge < -0.3 is 14.4 Å². The molecule has 2 aliphatic rings. The van der Waals surface area contributed by atoms with Gasteiger partial charge in [0, 0.05) is 56.1 Å². The van der Waals surface area contributed by atoms with Crippen molar-refractivity contribution in [3.63, 3.8) is 0 Å². The van der Waals surface area contributed by atoms with Gasteiger partial charge in [-0.05, 0) is 12.3 Å². The van der Waals surface area contributed by atoms with Gasteiger partial charge in [0.05, 0.1) is 12.4 Å². The summed E-state index contributed by atoms with van der Waals surface area (Å²) in [6, 6.07) is 2.61. The summed E-state index contributed by atoms with van der Waals surface area (Å²) < 4.78 is 2.24. The maximum Gasteiger partial charge on any atom is 0.134 e. The van der Waals surface area contributed by atoms with Crippen molar-refractivity contribution in [1.82, 2.24) is 19.5 Å². The van der Waals surface area contributed by atoms with Crippen LogP contribution < -0.4 is 9.80 Å². The molecule has 0 aromatic carbocycles. The lowest BCUT2D eigenvalue weighted by Gasteiger charge is -2.38. The van der Waals surface area contributed by atoms with Gasteiger partial charge in [0.15, 0.2) is 0 Å². The van der Waals surface area contributed by atoms with E-state index < -0.39 is 0 Å². The van der Waals surface area contributed by atoms with Crippen molar-refractivity contribution in [2.45, 2.75) is 19.4 Å². The Morgan fingerprint density at radius 2 is 1.88 bits per heavy atom. The summed E-state index contributed by atoms with van der Waals surface area (Å²) in [5.74, 6) is 5.14. The molecule has 2 saturated heterocycles. The second kappa shape index (κ2) is 7.01. The Hall–Kier alpha value is -1.76. The van der Waals surface area contributed by atoms with E-state index in [0.717, 1.165) is 37.8 Å². The number of rotatable bonds is 3. The van der Waals surface area contributed by atoms with E-state index in [-0.39, 0.29) is 0 Å². The van der Waals surface area contributed by atoms with Gasteiger partial charge in [0.25, 0.3) is 0 Å². The first-order valence-corrected chi connectivity index (χ1v) is 9.84. The van der Waals surface area contributed by atoms with E-state index in [9.17, 15) is 0 Å². The fourth-order valence-electron chi connectivity index (χ4n) is 3.59. The third-order valence-electron chi connectivity index (χ3n) is 5.12. The number of piperidine rings is 1. The average molecular weight is 344 g/mol. The van der Waals surface area contributed by atoms with E-state index in [0.29, 0.717) is 12.0 Å². The number of nitrogens with zero attached hydrogens (tertiary/aromatic N) is 6. The molecule has 2 aromatic heterocycles. The summed E-state index contributed by atoms with van der Waals surface area (Å²) in [6.07, 6.45) is 8.75. The normalized spacial score (nSPS) is 25.0. The van der Waals surface area contributed by atoms with Crippen molar-refractivity contribution in [2.75, 3.05) is 47.5 Å². The average Bonchev–Trinajstić information content (AvgIpc) is 3.17. The standard InChI is InChI=1S/C17H24N6S/c1-14-2-4-22(11-15(14)23-5-3-18-13-23)17-10-16(19-12-20-17)21-6-8-24-9-7-21/h3,5,10,12-15H,2,4,6-9,11H2,1H3/t14-,15+/m0/s1. The van der Waals surface area contributed by atoms with Crippen LogP contribution in [0, 0.1) is 5.92 Å². The molecule has 0 spiro atoms. The molecule has 4 rings (SSSR count). The zero-order valence-electron chi connectivity index (χ0n) is 14.1. The van der Waals surface area contributed by atoms with Crippen LogP contribution in [0.4, 0.5) is 11.6 Å². The summed E-state index contributed by atoms with van der Waals surface area (Å²) in [7, 11) is 0. The summed E-state index contributed by atoms with van der Waals surface area (Å²) in [6.45, 7) is 6.52. The van der Waals surface area contributed by atoms with Crippen LogP contribution in [-0.2, 0) is 0 Å². The van der Waals surface area contributed by atoms with Gasteiger partial charge in [-0.1, -0.05) is 6.92 Å². The van der Waals surface area contributed by atoms with E-state index in [1.54, 1.807) is 6.33 Å². The molecule has 2 fully saturated rings. The lowest BCUT2D eigenvalue weighted by atomic mass is 9.93. The Morgan fingerprint density at radius 1 is 1.08 bits per heavy atom. The second-order valence-corrected chi connectivity index (χ2v) is 7.85. The van der Waals surface area contributed by atoms with Gasteiger partial charge in [0.1, 0.15) is 18.0 Å². The van der Waals surface area contributed by atoms with Crippen LogP contribution in [0.25, 0.3) is 0 Å². The van der Waals surface area contributed by atoms with E-state index in [1.165, 1.54) is 17.9 Å². The van der Waals surface area contributed by atoms with E-state index >= 15 is 0 Å². The minimum atomic E-state index is 0.450. The molecule has 0 bridgehead atoms. The first-order valence-electron chi connectivity index (χ1n) is 8.68. The van der Waals surface area contributed by atoms with Crippen molar-refractivity contribution in [3.05, 3.63) is 31.1 Å². The second-order valence-electron chi connectivity index (χ2n) is 6.62. The van der Waals surface area contributed by atoms with Gasteiger partial charge in [-0.2, -0.15) is 11.8 Å². The predicted octanol–water partition coefficient (Wildman–Crippen LogP) is 2.31. The Balaban J connectivity index is 1.53. The van der Waals surface area contributed by atoms with Gasteiger partial charge in [-0.3, -0.25) is 0 Å². The molecule has 0 aliphatic carbocycles. The molecule has 2 atom stereocenters. The summed E-state index contributed by atoms with van der Waals surface area (Å²) in [4.78, 5) is 18.1. The molecule has 0 unspecified atom stereocenters. The summed E-state index contributed by atoms with van der Waals surface area (Å²) >= 11 is 2.02. The fraction of sp³-hybridized carbons (Fsp3) is 0.588. The van der Waals surface area contributed by atoms with Crippen LogP contribution >= 0.6 is 11.8 Å². The molecule has 128 valence electrons. The number of aromatic nitrogens is 4. The van der Waals surface area contributed by atoms with Crippen LogP contribution in [0.5, 0.6) is 0 Å². The number of imidazole rings is 1. The molecular formula is C17H24N6S. The maximum atomic E-state index is 4.56. The van der Waals surface area contributed by atoms with Gasteiger partial charge >= 0.3 is 0 Å². The van der Waals surface area contributed by atoms with Crippen LogP contribution in [0.1, 0.15) is 19.4 Å². The molecule has 24 heavy (non-hydrogen) atoms. The topological polar surface area (TPSA) is 50.1 Å². The first kappa shape index (κ1) is 15.7. The Bertz CT molecular complexity index is 655. The van der Waals surface area contributed by atoms with Crippen molar-refractivity contribution in [1.29, 1.82) is 0 Å². The van der Waals surface area contributed by atoms with E-state index in [2.05, 4.69) is 48.5 Å². The highest BCUT2D eigenvalue weighted by Gasteiger charge is 2.28. The largest absolute Gasteiger partial charge is 0.355 e. The van der Waals surface area contributed by atoms with Crippen LogP contribution in [0.15, 0.2) is 31.1 Å². The monoisotopic (exact) mass is 344 g/mol.